The van der Waals surface area contributed by atoms with Gasteiger partial charge in [0.05, 0.1) is 5.52 Å². The first kappa shape index (κ1) is 20.3. The van der Waals surface area contributed by atoms with E-state index in [-0.39, 0.29) is 36.6 Å². The van der Waals surface area contributed by atoms with Gasteiger partial charge in [0.1, 0.15) is 0 Å². The van der Waals surface area contributed by atoms with Gasteiger partial charge >= 0.3 is 11.1 Å². The van der Waals surface area contributed by atoms with E-state index in [2.05, 4.69) is 10.3 Å². The summed E-state index contributed by atoms with van der Waals surface area (Å²) in [6.07, 6.45) is 3.02. The molecule has 3 rings (SSSR count). The highest BCUT2D eigenvalue weighted by Gasteiger charge is 2.22. The Morgan fingerprint density at radius 3 is 2.42 bits per heavy atom. The third-order valence-corrected chi connectivity index (χ3v) is 4.22. The van der Waals surface area contributed by atoms with Crippen LogP contribution in [0.3, 0.4) is 0 Å². The van der Waals surface area contributed by atoms with E-state index in [1.54, 1.807) is 6.07 Å². The van der Waals surface area contributed by atoms with Crippen molar-refractivity contribution in [2.45, 2.75) is 25.8 Å². The van der Waals surface area contributed by atoms with Gasteiger partial charge < -0.3 is 9.88 Å². The molecule has 0 aromatic carbocycles. The number of Topliss-reactive ketones (excluding diaryl/α,β-unsaturated/α-hetero) is 1. The Kier molecular flexibility index (Phi) is 6.71. The van der Waals surface area contributed by atoms with Crippen LogP contribution < -0.4 is 16.4 Å². The summed E-state index contributed by atoms with van der Waals surface area (Å²) in [7, 11) is 1.53. The molecule has 0 amide bonds. The van der Waals surface area contributed by atoms with Crippen molar-refractivity contribution in [2.75, 3.05) is 13.1 Å². The van der Waals surface area contributed by atoms with Gasteiger partial charge in [-0.3, -0.25) is 19.0 Å². The molecule has 1 fully saturated rings. The molecular weight excluding hydrogens is 355 g/mol. The molecule has 24 heavy (non-hydrogen) atoms. The second kappa shape index (κ2) is 7.92. The van der Waals surface area contributed by atoms with Crippen molar-refractivity contribution in [3.05, 3.63) is 38.5 Å². The van der Waals surface area contributed by atoms with E-state index in [0.29, 0.717) is 16.7 Å². The fourth-order valence-corrected chi connectivity index (χ4v) is 2.93. The predicted octanol–water partition coefficient (Wildman–Crippen LogP) is 1.07. The quantitative estimate of drug-likeness (QED) is 0.627. The Bertz CT molecular complexity index is 869. The summed E-state index contributed by atoms with van der Waals surface area (Å²) in [6, 6.07) is 1.59. The number of hydrogen-bond donors (Lipinski definition) is 1. The van der Waals surface area contributed by atoms with Crippen LogP contribution in [0.5, 0.6) is 0 Å². The first-order valence-electron chi connectivity index (χ1n) is 7.33. The maximum Gasteiger partial charge on any atom is 0.318 e. The van der Waals surface area contributed by atoms with Crippen LogP contribution in [0.15, 0.2) is 21.9 Å². The Balaban J connectivity index is 0.00000144. The van der Waals surface area contributed by atoms with Crippen molar-refractivity contribution >= 4 is 41.8 Å². The first-order valence-corrected chi connectivity index (χ1v) is 7.33. The molecule has 132 valence electrons. The van der Waals surface area contributed by atoms with Gasteiger partial charge in [-0.1, -0.05) is 0 Å². The van der Waals surface area contributed by atoms with Crippen molar-refractivity contribution in [3.8, 4) is 0 Å². The standard InChI is InChI=1S/C15H18N4O3.2ClH/c1-9(20)10-7-12-13(17-8-10)19(11-3-5-16-6-4-11)15(22)14(21)18(12)2;;/h7-8,11,16H,3-6H2,1-2H3;2*1H. The normalized spacial score (nSPS) is 14.8. The molecule has 1 N–H and O–H groups in total. The number of aromatic nitrogens is 3. The predicted molar refractivity (Wildman–Crippen MR) is 96.9 cm³/mol. The zero-order chi connectivity index (χ0) is 15.9. The van der Waals surface area contributed by atoms with E-state index in [1.807, 2.05) is 0 Å². The summed E-state index contributed by atoms with van der Waals surface area (Å²) < 4.78 is 2.77. The molecule has 0 aliphatic carbocycles. The van der Waals surface area contributed by atoms with E-state index in [4.69, 9.17) is 0 Å². The molecule has 0 saturated carbocycles. The van der Waals surface area contributed by atoms with Crippen LogP contribution in [-0.4, -0.2) is 33.0 Å². The summed E-state index contributed by atoms with van der Waals surface area (Å²) in [6.45, 7) is 3.06. The first-order chi connectivity index (χ1) is 10.5. The second-order valence-corrected chi connectivity index (χ2v) is 5.64. The van der Waals surface area contributed by atoms with Gasteiger partial charge in [-0.15, -0.1) is 24.8 Å². The van der Waals surface area contributed by atoms with Gasteiger partial charge in [0.15, 0.2) is 11.4 Å². The minimum atomic E-state index is -0.589. The summed E-state index contributed by atoms with van der Waals surface area (Å²) in [5.74, 6) is -0.124. The zero-order valence-corrected chi connectivity index (χ0v) is 15.1. The van der Waals surface area contributed by atoms with Crippen LogP contribution in [-0.2, 0) is 7.05 Å². The number of piperidine rings is 1. The summed E-state index contributed by atoms with van der Waals surface area (Å²) >= 11 is 0. The molecule has 0 bridgehead atoms. The number of nitrogens with zero attached hydrogens (tertiary/aromatic N) is 3. The van der Waals surface area contributed by atoms with E-state index >= 15 is 0 Å². The van der Waals surface area contributed by atoms with Crippen LogP contribution in [0.4, 0.5) is 0 Å². The zero-order valence-electron chi connectivity index (χ0n) is 13.4. The van der Waals surface area contributed by atoms with Gasteiger partial charge in [0.2, 0.25) is 0 Å². The maximum absolute atomic E-state index is 12.4. The van der Waals surface area contributed by atoms with Crippen LogP contribution in [0, 0.1) is 0 Å². The summed E-state index contributed by atoms with van der Waals surface area (Å²) in [4.78, 5) is 40.5. The Labute approximate surface area is 150 Å². The number of pyridine rings is 1. The van der Waals surface area contributed by atoms with E-state index < -0.39 is 11.1 Å². The highest BCUT2D eigenvalue weighted by molar-refractivity contribution is 5.96. The molecule has 2 aromatic heterocycles. The van der Waals surface area contributed by atoms with Crippen LogP contribution >= 0.6 is 24.8 Å². The van der Waals surface area contributed by atoms with Gasteiger partial charge in [0.25, 0.3) is 0 Å². The van der Waals surface area contributed by atoms with Crippen molar-refractivity contribution in [1.29, 1.82) is 0 Å². The van der Waals surface area contributed by atoms with Crippen molar-refractivity contribution in [2.24, 2.45) is 7.05 Å². The summed E-state index contributed by atoms with van der Waals surface area (Å²) in [5, 5.41) is 3.24. The molecular formula is C15H20Cl2N4O3. The van der Waals surface area contributed by atoms with Gasteiger partial charge in [-0.05, 0) is 38.9 Å². The van der Waals surface area contributed by atoms with E-state index in [9.17, 15) is 14.4 Å². The monoisotopic (exact) mass is 374 g/mol. The highest BCUT2D eigenvalue weighted by Crippen LogP contribution is 2.20. The number of rotatable bonds is 2. The van der Waals surface area contributed by atoms with Gasteiger partial charge in [-0.25, -0.2) is 4.98 Å². The van der Waals surface area contributed by atoms with Gasteiger partial charge in [0, 0.05) is 24.8 Å². The molecule has 1 aliphatic rings. The van der Waals surface area contributed by atoms with Crippen LogP contribution in [0.2, 0.25) is 0 Å². The number of hydrogen-bond acceptors (Lipinski definition) is 5. The fraction of sp³-hybridized carbons (Fsp3) is 0.467. The minimum Gasteiger partial charge on any atom is -0.317 e. The Morgan fingerprint density at radius 2 is 1.83 bits per heavy atom. The summed E-state index contributed by atoms with van der Waals surface area (Å²) in [5.41, 5.74) is 0.261. The molecule has 0 radical (unpaired) electrons. The van der Waals surface area contributed by atoms with Crippen LogP contribution in [0.1, 0.15) is 36.2 Å². The third-order valence-electron chi connectivity index (χ3n) is 4.22. The molecule has 3 heterocycles. The SMILES string of the molecule is CC(=O)c1cnc2c(c1)n(C)c(=O)c(=O)n2C1CCNCC1.Cl.Cl. The number of fused-ring (bicyclic) bond motifs is 1. The fourth-order valence-electron chi connectivity index (χ4n) is 2.93. The van der Waals surface area contributed by atoms with Crippen LogP contribution in [0.25, 0.3) is 11.2 Å². The molecule has 0 atom stereocenters. The molecule has 9 heteroatoms. The largest absolute Gasteiger partial charge is 0.318 e. The third kappa shape index (κ3) is 3.38. The molecule has 1 saturated heterocycles. The lowest BCUT2D eigenvalue weighted by molar-refractivity contribution is 0.101. The number of carbonyl (C=O) groups is 1. The Morgan fingerprint density at radius 1 is 1.21 bits per heavy atom. The van der Waals surface area contributed by atoms with Gasteiger partial charge in [-0.2, -0.15) is 0 Å². The minimum absolute atomic E-state index is 0. The van der Waals surface area contributed by atoms with E-state index in [1.165, 1.54) is 29.3 Å². The maximum atomic E-state index is 12.4. The second-order valence-electron chi connectivity index (χ2n) is 5.64. The molecule has 2 aromatic rings. The number of nitrogens with one attached hydrogen (secondary N) is 1. The number of halogens is 2. The lowest BCUT2D eigenvalue weighted by Crippen LogP contribution is -2.44. The highest BCUT2D eigenvalue weighted by atomic mass is 35.5. The average molecular weight is 375 g/mol. The number of carbonyl (C=O) groups excluding carboxylic acids is 1. The topological polar surface area (TPSA) is 86.0 Å². The Hall–Kier alpha value is -1.70. The van der Waals surface area contributed by atoms with Crippen molar-refractivity contribution < 1.29 is 4.79 Å². The average Bonchev–Trinajstić information content (AvgIpc) is 2.53. The number of aryl methyl sites for hydroxylation is 1. The smallest absolute Gasteiger partial charge is 0.317 e. The molecule has 7 nitrogen and oxygen atoms in total. The van der Waals surface area contributed by atoms with E-state index in [0.717, 1.165) is 25.9 Å². The molecule has 1 aliphatic heterocycles. The van der Waals surface area contributed by atoms with Crippen molar-refractivity contribution in [3.63, 3.8) is 0 Å². The molecule has 0 spiro atoms. The molecule has 0 unspecified atom stereocenters. The number of ketones is 1. The van der Waals surface area contributed by atoms with Crippen molar-refractivity contribution in [1.82, 2.24) is 19.4 Å². The lowest BCUT2D eigenvalue weighted by Gasteiger charge is -2.25. The lowest BCUT2D eigenvalue weighted by atomic mass is 10.1.